The van der Waals surface area contributed by atoms with Crippen LogP contribution in [0.15, 0.2) is 55.0 Å². The number of aryl methyl sites for hydroxylation is 1. The van der Waals surface area contributed by atoms with Crippen molar-refractivity contribution in [1.29, 1.82) is 0 Å². The van der Waals surface area contributed by atoms with E-state index in [1.54, 1.807) is 65.1 Å². The molecule has 0 radical (unpaired) electrons. The summed E-state index contributed by atoms with van der Waals surface area (Å²) >= 11 is 0. The molecule has 5 aromatic rings. The largest absolute Gasteiger partial charge is 0.483 e. The Bertz CT molecular complexity index is 2900. The highest BCUT2D eigenvalue weighted by Gasteiger charge is 2.43. The van der Waals surface area contributed by atoms with Crippen LogP contribution in [0.1, 0.15) is 94.6 Å². The molecule has 5 aliphatic heterocycles. The van der Waals surface area contributed by atoms with E-state index in [-0.39, 0.29) is 65.3 Å². The summed E-state index contributed by atoms with van der Waals surface area (Å²) in [6, 6.07) is 8.94. The number of imidazole rings is 1. The first-order valence-corrected chi connectivity index (χ1v) is 23.9. The fourth-order valence-electron chi connectivity index (χ4n) is 10.6. The first-order valence-electron chi connectivity index (χ1n) is 23.9. The van der Waals surface area contributed by atoms with E-state index in [1.165, 1.54) is 7.05 Å². The molecule has 1 unspecified atom stereocenters. The van der Waals surface area contributed by atoms with Gasteiger partial charge in [0.05, 0.1) is 23.7 Å². The summed E-state index contributed by atoms with van der Waals surface area (Å²) in [6.07, 6.45) is 6.45. The second-order valence-corrected chi connectivity index (χ2v) is 18.3. The third-order valence-corrected chi connectivity index (χ3v) is 14.4. The van der Waals surface area contributed by atoms with Crippen molar-refractivity contribution in [2.45, 2.75) is 76.9 Å². The van der Waals surface area contributed by atoms with E-state index in [2.05, 4.69) is 15.0 Å². The van der Waals surface area contributed by atoms with Crippen LogP contribution in [0.25, 0.3) is 16.8 Å². The third-order valence-electron chi connectivity index (χ3n) is 14.4. The lowest BCUT2D eigenvalue weighted by Crippen LogP contribution is -2.50. The minimum atomic E-state index is -2.87. The van der Waals surface area contributed by atoms with Crippen LogP contribution in [-0.4, -0.2) is 142 Å². The van der Waals surface area contributed by atoms with Gasteiger partial charge < -0.3 is 43.6 Å². The molecule has 1 N–H and O–H groups in total. The second kappa shape index (κ2) is 19.3. The average Bonchev–Trinajstić information content (AvgIpc) is 4.08. The van der Waals surface area contributed by atoms with Crippen LogP contribution in [0.4, 0.5) is 26.0 Å². The van der Waals surface area contributed by atoms with Crippen LogP contribution in [0.3, 0.4) is 0 Å². The number of benzene rings is 2. The van der Waals surface area contributed by atoms with Gasteiger partial charge in [-0.3, -0.25) is 33.6 Å². The number of alkyl halides is 2. The van der Waals surface area contributed by atoms with Crippen molar-refractivity contribution in [2.75, 3.05) is 75.9 Å². The summed E-state index contributed by atoms with van der Waals surface area (Å²) in [5.41, 5.74) is 5.50. The molecule has 5 amide bonds. The number of piperazine rings is 1. The van der Waals surface area contributed by atoms with Crippen molar-refractivity contribution in [2.24, 2.45) is 0 Å². The number of carbonyl (C=O) groups is 6. The zero-order valence-electron chi connectivity index (χ0n) is 39.1. The molecule has 366 valence electrons. The van der Waals surface area contributed by atoms with Crippen LogP contribution < -0.4 is 19.9 Å². The molecular weight excluding hydrogens is 907 g/mol. The van der Waals surface area contributed by atoms with Gasteiger partial charge in [-0.2, -0.15) is 5.10 Å². The van der Waals surface area contributed by atoms with Gasteiger partial charge in [-0.05, 0) is 73.6 Å². The molecule has 1 atom stereocenters. The fraction of sp³-hybridized carbons (Fsp3) is 0.440. The Morgan fingerprint density at radius 2 is 1.71 bits per heavy atom. The number of hydrogen-bond donors (Lipinski definition) is 1. The molecule has 70 heavy (non-hydrogen) atoms. The molecule has 0 aliphatic carbocycles. The number of fused-ring (bicyclic) bond motifs is 4. The highest BCUT2D eigenvalue weighted by Crippen LogP contribution is 2.45. The van der Waals surface area contributed by atoms with E-state index < -0.39 is 30.2 Å². The molecule has 5 aliphatic rings. The first-order chi connectivity index (χ1) is 33.9. The number of imide groups is 1. The molecule has 2 aromatic carbocycles. The summed E-state index contributed by atoms with van der Waals surface area (Å²) in [4.78, 5) is 89.9. The number of aromatic nitrogens is 4. The number of rotatable bonds is 13. The molecule has 2 saturated heterocycles. The topological polar surface area (TPSA) is 184 Å². The number of nitrogens with one attached hydrogen (secondary N) is 1. The molecular formula is C50H54F2N10O8. The lowest BCUT2D eigenvalue weighted by atomic mass is 9.92. The predicted molar refractivity (Wildman–Crippen MR) is 251 cm³/mol. The fourth-order valence-corrected chi connectivity index (χ4v) is 10.6. The molecule has 8 heterocycles. The smallest absolute Gasteiger partial charge is 0.264 e. The summed E-state index contributed by atoms with van der Waals surface area (Å²) in [5, 5.41) is 7.69. The van der Waals surface area contributed by atoms with Crippen molar-refractivity contribution in [3.63, 3.8) is 0 Å². The van der Waals surface area contributed by atoms with Crippen LogP contribution in [-0.2, 0) is 43.3 Å². The van der Waals surface area contributed by atoms with E-state index in [0.29, 0.717) is 107 Å². The third kappa shape index (κ3) is 8.51. The average molecular weight is 961 g/mol. The summed E-state index contributed by atoms with van der Waals surface area (Å²) in [5.74, 6) is -1.18. The van der Waals surface area contributed by atoms with E-state index in [9.17, 15) is 28.8 Å². The number of pyridine rings is 1. The quantitative estimate of drug-likeness (QED) is 0.125. The van der Waals surface area contributed by atoms with Gasteiger partial charge in [0.15, 0.2) is 12.4 Å². The van der Waals surface area contributed by atoms with Gasteiger partial charge in [0.2, 0.25) is 11.8 Å². The van der Waals surface area contributed by atoms with Gasteiger partial charge in [-0.1, -0.05) is 0 Å². The number of anilines is 3. The maximum atomic E-state index is 15.5. The summed E-state index contributed by atoms with van der Waals surface area (Å²) in [6.45, 7) is 5.43. The molecule has 0 spiro atoms. The van der Waals surface area contributed by atoms with Crippen molar-refractivity contribution < 1.29 is 47.0 Å². The molecule has 20 heteroatoms. The van der Waals surface area contributed by atoms with E-state index in [1.807, 2.05) is 20.8 Å². The number of ether oxygens (including phenoxy) is 2. The number of halogens is 2. The summed E-state index contributed by atoms with van der Waals surface area (Å²) in [7, 11) is 1.40. The number of carbonyl (C=O) groups excluding carboxylic acids is 6. The lowest BCUT2D eigenvalue weighted by Gasteiger charge is -2.36. The standard InChI is InChI=1S/C50H54F2N10O8/c1-30(64)58-14-9-40-39(28-58)47(55-62(40)32-10-21-69-22-11-32)60-13-3-5-31-23-35(36(46(51)52)25-42(31)60)38-27-59-15-12-54-44(59)26-43(38)70-29-45(65)57-18-16-56(17-19-57)33-7-8-34-37(24-33)50(68)61(49(34)67)41(6-4-20-63)48(66)53-2/h7-8,12,15,20,23-27,32,41,46H,3-6,9-11,13-14,16-19,21-22,28-29H2,1-2H3,(H,53,66). The van der Waals surface area contributed by atoms with Crippen LogP contribution in [0.2, 0.25) is 0 Å². The van der Waals surface area contributed by atoms with Crippen molar-refractivity contribution in [3.05, 3.63) is 88.5 Å². The number of nitrogens with zero attached hydrogens (tertiary/aromatic N) is 9. The van der Waals surface area contributed by atoms with Crippen LogP contribution in [0.5, 0.6) is 5.75 Å². The minimum Gasteiger partial charge on any atom is -0.483 e. The van der Waals surface area contributed by atoms with E-state index >= 15 is 8.78 Å². The Morgan fingerprint density at radius 3 is 2.46 bits per heavy atom. The van der Waals surface area contributed by atoms with Crippen molar-refractivity contribution in [1.82, 2.24) is 39.2 Å². The predicted octanol–water partition coefficient (Wildman–Crippen LogP) is 4.89. The van der Waals surface area contributed by atoms with Gasteiger partial charge in [0, 0.05) is 138 Å². The maximum Gasteiger partial charge on any atom is 0.264 e. The highest BCUT2D eigenvalue weighted by molar-refractivity contribution is 6.23. The number of aldehydes is 1. The number of hydrogen-bond acceptors (Lipinski definition) is 12. The summed E-state index contributed by atoms with van der Waals surface area (Å²) < 4.78 is 46.8. The Morgan fingerprint density at radius 1 is 0.929 bits per heavy atom. The number of likely N-dealkylation sites (N-methyl/N-ethyl adjacent to an activating group) is 1. The van der Waals surface area contributed by atoms with Crippen molar-refractivity contribution in [3.8, 4) is 16.9 Å². The molecule has 10 rings (SSSR count). The molecule has 18 nitrogen and oxygen atoms in total. The first kappa shape index (κ1) is 46.5. The Balaban J connectivity index is 0.877. The highest BCUT2D eigenvalue weighted by atomic mass is 19.3. The zero-order valence-corrected chi connectivity index (χ0v) is 39.1. The zero-order chi connectivity index (χ0) is 48.8. The van der Waals surface area contributed by atoms with Gasteiger partial charge >= 0.3 is 0 Å². The SMILES string of the molecule is CNC(=O)C(CCC=O)N1C(=O)c2ccc(N3CCN(C(=O)COc4cc5nccn5cc4-c4cc5c(cc4C(F)F)N(c4nn(C6CCOCC6)c6c4CN(C(C)=O)CC6)CCC5)CC3)cc2C1=O. The monoisotopic (exact) mass is 960 g/mol. The second-order valence-electron chi connectivity index (χ2n) is 18.3. The minimum absolute atomic E-state index is 0.00176. The molecule has 0 bridgehead atoms. The van der Waals surface area contributed by atoms with Crippen LogP contribution in [0, 0.1) is 0 Å². The van der Waals surface area contributed by atoms with E-state index in [4.69, 9.17) is 14.6 Å². The Labute approximate surface area is 402 Å². The van der Waals surface area contributed by atoms with Gasteiger partial charge in [0.25, 0.3) is 24.1 Å². The lowest BCUT2D eigenvalue weighted by molar-refractivity contribution is -0.133. The van der Waals surface area contributed by atoms with Crippen LogP contribution >= 0.6 is 0 Å². The van der Waals surface area contributed by atoms with E-state index in [0.717, 1.165) is 41.0 Å². The molecule has 0 saturated carbocycles. The molecule has 2 fully saturated rings. The maximum absolute atomic E-state index is 15.5. The molecule has 3 aromatic heterocycles. The van der Waals surface area contributed by atoms with Crippen molar-refractivity contribution >= 4 is 58.7 Å². The van der Waals surface area contributed by atoms with Gasteiger partial charge in [0.1, 0.15) is 23.7 Å². The Hall–Kier alpha value is -7.22. The van der Waals surface area contributed by atoms with Gasteiger partial charge in [-0.25, -0.2) is 13.8 Å². The normalized spacial score (nSPS) is 17.8. The Kier molecular flexibility index (Phi) is 12.8. The number of amides is 5. The van der Waals surface area contributed by atoms with Gasteiger partial charge in [-0.15, -0.1) is 0 Å².